The van der Waals surface area contributed by atoms with Crippen LogP contribution in [0.5, 0.6) is 0 Å². The fourth-order valence-corrected chi connectivity index (χ4v) is 3.06. The van der Waals surface area contributed by atoms with Crippen LogP contribution in [0.1, 0.15) is 75.3 Å². The van der Waals surface area contributed by atoms with E-state index in [1.54, 1.807) is 0 Å². The van der Waals surface area contributed by atoms with E-state index in [4.69, 9.17) is 4.74 Å². The number of aryl methyl sites for hydroxylation is 1. The fourth-order valence-electron chi connectivity index (χ4n) is 3.06. The highest BCUT2D eigenvalue weighted by Gasteiger charge is 2.30. The van der Waals surface area contributed by atoms with E-state index in [0.717, 1.165) is 24.8 Å². The molecule has 0 aliphatic carbocycles. The zero-order valence-electron chi connectivity index (χ0n) is 13.4. The molecule has 2 nitrogen and oxygen atoms in total. The number of rotatable bonds is 7. The molecule has 0 radical (unpaired) electrons. The first-order chi connectivity index (χ1) is 10.2. The topological polar surface area (TPSA) is 26.3 Å². The van der Waals surface area contributed by atoms with Crippen molar-refractivity contribution in [3.63, 3.8) is 0 Å². The molecule has 1 aromatic rings. The lowest BCUT2D eigenvalue weighted by molar-refractivity contribution is -0.156. The Hall–Kier alpha value is -1.31. The lowest BCUT2D eigenvalue weighted by atomic mass is 9.89. The second kappa shape index (κ2) is 8.21. The number of carbonyl (C=O) groups excluding carboxylic acids is 1. The summed E-state index contributed by atoms with van der Waals surface area (Å²) in [5.74, 6) is -0.0781. The highest BCUT2D eigenvalue weighted by Crippen LogP contribution is 2.31. The molecule has 0 saturated carbocycles. The van der Waals surface area contributed by atoms with Crippen LogP contribution in [-0.2, 0) is 9.53 Å². The molecule has 1 aliphatic rings. The first-order valence-electron chi connectivity index (χ1n) is 8.47. The Kier molecular flexibility index (Phi) is 6.28. The van der Waals surface area contributed by atoms with Crippen LogP contribution in [0.15, 0.2) is 24.3 Å². The zero-order chi connectivity index (χ0) is 15.1. The first kappa shape index (κ1) is 16.1. The number of ether oxygens (including phenoxy) is 1. The van der Waals surface area contributed by atoms with E-state index in [9.17, 15) is 4.79 Å². The Morgan fingerprint density at radius 3 is 2.43 bits per heavy atom. The summed E-state index contributed by atoms with van der Waals surface area (Å²) in [7, 11) is 0. The van der Waals surface area contributed by atoms with Gasteiger partial charge < -0.3 is 4.74 Å². The highest BCUT2D eigenvalue weighted by molar-refractivity contribution is 5.79. The fraction of sp³-hybridized carbons (Fsp3) is 0.632. The summed E-state index contributed by atoms with van der Waals surface area (Å²) in [5, 5.41) is 0. The van der Waals surface area contributed by atoms with Crippen molar-refractivity contribution in [1.82, 2.24) is 0 Å². The molecule has 0 amide bonds. The Morgan fingerprint density at radius 2 is 1.76 bits per heavy atom. The monoisotopic (exact) mass is 288 g/mol. The summed E-state index contributed by atoms with van der Waals surface area (Å²) < 4.78 is 5.65. The number of unbranched alkanes of at least 4 members (excludes halogenated alkanes) is 4. The van der Waals surface area contributed by atoms with Gasteiger partial charge in [-0.2, -0.15) is 0 Å². The maximum atomic E-state index is 12.2. The minimum Gasteiger partial charge on any atom is -0.462 e. The molecule has 0 N–H and O–H groups in total. The molecular weight excluding hydrogens is 260 g/mol. The number of benzene rings is 1. The molecule has 0 bridgehead atoms. The van der Waals surface area contributed by atoms with Gasteiger partial charge in [0.05, 0.1) is 5.92 Å². The van der Waals surface area contributed by atoms with Crippen LogP contribution in [0.3, 0.4) is 0 Å². The van der Waals surface area contributed by atoms with Crippen LogP contribution in [0.25, 0.3) is 0 Å². The lowest BCUT2D eigenvalue weighted by Gasteiger charge is -2.28. The first-order valence-corrected chi connectivity index (χ1v) is 8.47. The highest BCUT2D eigenvalue weighted by atomic mass is 16.5. The summed E-state index contributed by atoms with van der Waals surface area (Å²) in [4.78, 5) is 12.2. The number of hydrogen-bond donors (Lipinski definition) is 0. The molecule has 0 spiro atoms. The zero-order valence-corrected chi connectivity index (χ0v) is 13.4. The van der Waals surface area contributed by atoms with Gasteiger partial charge in [0.1, 0.15) is 6.10 Å². The maximum absolute atomic E-state index is 12.2. The van der Waals surface area contributed by atoms with Crippen molar-refractivity contribution in [3.8, 4) is 0 Å². The van der Waals surface area contributed by atoms with Crippen molar-refractivity contribution in [1.29, 1.82) is 0 Å². The van der Waals surface area contributed by atoms with E-state index in [-0.39, 0.29) is 18.0 Å². The average molecular weight is 288 g/mol. The van der Waals surface area contributed by atoms with Gasteiger partial charge in [-0.1, -0.05) is 62.4 Å². The smallest absolute Gasteiger partial charge is 0.313 e. The number of hydrogen-bond acceptors (Lipinski definition) is 2. The van der Waals surface area contributed by atoms with Crippen LogP contribution in [0.4, 0.5) is 0 Å². The van der Waals surface area contributed by atoms with Gasteiger partial charge in [-0.3, -0.25) is 4.79 Å². The maximum Gasteiger partial charge on any atom is 0.313 e. The molecule has 2 rings (SSSR count). The molecule has 1 saturated heterocycles. The van der Waals surface area contributed by atoms with Crippen molar-refractivity contribution in [2.75, 3.05) is 0 Å². The largest absolute Gasteiger partial charge is 0.462 e. The molecule has 2 atom stereocenters. The Labute approximate surface area is 128 Å². The second-order valence-electron chi connectivity index (χ2n) is 6.30. The predicted octanol–water partition coefficient (Wildman–Crippen LogP) is 5.14. The Bertz CT molecular complexity index is 435. The van der Waals surface area contributed by atoms with Crippen molar-refractivity contribution in [2.24, 2.45) is 0 Å². The van der Waals surface area contributed by atoms with Gasteiger partial charge in [0, 0.05) is 0 Å². The lowest BCUT2D eigenvalue weighted by Crippen LogP contribution is -2.29. The SMILES string of the molecule is CCCCCCCC1CCC(c2ccc(C)cc2)C(=O)O1. The Morgan fingerprint density at radius 1 is 1.05 bits per heavy atom. The van der Waals surface area contributed by atoms with Gasteiger partial charge in [0.25, 0.3) is 0 Å². The van der Waals surface area contributed by atoms with Crippen molar-refractivity contribution < 1.29 is 9.53 Å². The van der Waals surface area contributed by atoms with Gasteiger partial charge in [0.15, 0.2) is 0 Å². The molecule has 2 heteroatoms. The van der Waals surface area contributed by atoms with E-state index >= 15 is 0 Å². The summed E-state index contributed by atoms with van der Waals surface area (Å²) >= 11 is 0. The van der Waals surface area contributed by atoms with Crippen molar-refractivity contribution in [3.05, 3.63) is 35.4 Å². The third-order valence-electron chi connectivity index (χ3n) is 4.45. The molecule has 116 valence electrons. The van der Waals surface area contributed by atoms with Crippen LogP contribution in [0, 0.1) is 6.92 Å². The van der Waals surface area contributed by atoms with Crippen LogP contribution in [0.2, 0.25) is 0 Å². The number of cyclic esters (lactones) is 1. The number of esters is 1. The van der Waals surface area contributed by atoms with E-state index in [1.165, 1.54) is 37.7 Å². The van der Waals surface area contributed by atoms with Crippen LogP contribution >= 0.6 is 0 Å². The average Bonchev–Trinajstić information content (AvgIpc) is 2.48. The van der Waals surface area contributed by atoms with Gasteiger partial charge >= 0.3 is 5.97 Å². The molecule has 1 aliphatic heterocycles. The predicted molar refractivity (Wildman–Crippen MR) is 86.4 cm³/mol. The van der Waals surface area contributed by atoms with Crippen LogP contribution < -0.4 is 0 Å². The van der Waals surface area contributed by atoms with Crippen molar-refractivity contribution >= 4 is 5.97 Å². The van der Waals surface area contributed by atoms with E-state index in [0.29, 0.717) is 0 Å². The normalized spacial score (nSPS) is 22.1. The number of carbonyl (C=O) groups is 1. The molecule has 2 unspecified atom stereocenters. The standard InChI is InChI=1S/C19H28O2/c1-3-4-5-6-7-8-17-13-14-18(19(20)21-17)16-11-9-15(2)10-12-16/h9-12,17-18H,3-8,13-14H2,1-2H3. The van der Waals surface area contributed by atoms with E-state index < -0.39 is 0 Å². The minimum atomic E-state index is -0.0538. The molecule has 1 heterocycles. The van der Waals surface area contributed by atoms with Gasteiger partial charge in [-0.15, -0.1) is 0 Å². The molecule has 21 heavy (non-hydrogen) atoms. The summed E-state index contributed by atoms with van der Waals surface area (Å²) in [6.07, 6.45) is 9.49. The third-order valence-corrected chi connectivity index (χ3v) is 4.45. The summed E-state index contributed by atoms with van der Waals surface area (Å²) in [6, 6.07) is 8.27. The second-order valence-corrected chi connectivity index (χ2v) is 6.30. The van der Waals surface area contributed by atoms with Gasteiger partial charge in [-0.25, -0.2) is 0 Å². The van der Waals surface area contributed by atoms with E-state index in [1.807, 2.05) is 0 Å². The van der Waals surface area contributed by atoms with Gasteiger partial charge in [0.2, 0.25) is 0 Å². The molecular formula is C19H28O2. The van der Waals surface area contributed by atoms with Gasteiger partial charge in [-0.05, 0) is 38.2 Å². The summed E-state index contributed by atoms with van der Waals surface area (Å²) in [5.41, 5.74) is 2.33. The summed E-state index contributed by atoms with van der Waals surface area (Å²) in [6.45, 7) is 4.30. The third kappa shape index (κ3) is 4.87. The Balaban J connectivity index is 1.77. The molecule has 1 aromatic carbocycles. The van der Waals surface area contributed by atoms with E-state index in [2.05, 4.69) is 38.1 Å². The van der Waals surface area contributed by atoms with Crippen molar-refractivity contribution in [2.45, 2.75) is 77.2 Å². The molecule has 0 aromatic heterocycles. The van der Waals surface area contributed by atoms with Crippen LogP contribution in [-0.4, -0.2) is 12.1 Å². The minimum absolute atomic E-state index is 0.0244. The quantitative estimate of drug-likeness (QED) is 0.512. The molecule has 1 fully saturated rings.